The zero-order valence-corrected chi connectivity index (χ0v) is 6.24. The largest absolute Gasteiger partial charge is 0.368 e. The molecule has 0 saturated heterocycles. The molecule has 2 radical (unpaired) electrons. The number of hydrogen-bond acceptors (Lipinski definition) is 1. The summed E-state index contributed by atoms with van der Waals surface area (Å²) in [5.41, 5.74) is 0. The minimum atomic E-state index is 0.465. The lowest BCUT2D eigenvalue weighted by Crippen LogP contribution is -1.83. The average Bonchev–Trinajstić information content (AvgIpc) is 2.10. The van der Waals surface area contributed by atoms with E-state index in [0.717, 1.165) is 0 Å². The lowest BCUT2D eigenvalue weighted by molar-refractivity contribution is 0.309. The fraction of sp³-hybridized carbons (Fsp3) is 0.250. The second-order valence-electron chi connectivity index (χ2n) is 1.40. The second kappa shape index (κ2) is 6.11. The Morgan fingerprint density at radius 3 is 1.90 bits per heavy atom. The SMILES string of the molecule is CC.[N]Oc1ccccc1. The molecule has 0 aromatic heterocycles. The van der Waals surface area contributed by atoms with E-state index in [1.54, 1.807) is 24.3 Å². The molecule has 0 heterocycles. The van der Waals surface area contributed by atoms with Crippen LogP contribution in [-0.4, -0.2) is 0 Å². The summed E-state index contributed by atoms with van der Waals surface area (Å²) in [5, 5.41) is 0. The molecule has 0 aliphatic carbocycles. The van der Waals surface area contributed by atoms with Crippen molar-refractivity contribution in [3.8, 4) is 5.75 Å². The maximum absolute atomic E-state index is 8.04. The van der Waals surface area contributed by atoms with Gasteiger partial charge >= 0.3 is 0 Å². The topological polar surface area (TPSA) is 31.5 Å². The third kappa shape index (κ3) is 3.10. The number of para-hydroxylation sites is 1. The van der Waals surface area contributed by atoms with Crippen molar-refractivity contribution in [2.45, 2.75) is 13.8 Å². The third-order valence-corrected chi connectivity index (χ3v) is 0.849. The number of rotatable bonds is 1. The second-order valence-corrected chi connectivity index (χ2v) is 1.40. The van der Waals surface area contributed by atoms with E-state index in [4.69, 9.17) is 5.90 Å². The number of hydrogen-bond donors (Lipinski definition) is 0. The minimum Gasteiger partial charge on any atom is -0.368 e. The van der Waals surface area contributed by atoms with Crippen LogP contribution in [0, 0.1) is 0 Å². The van der Waals surface area contributed by atoms with Gasteiger partial charge in [0.15, 0.2) is 5.75 Å². The summed E-state index contributed by atoms with van der Waals surface area (Å²) in [6.45, 7) is 4.00. The van der Waals surface area contributed by atoms with Gasteiger partial charge in [0.25, 0.3) is 0 Å². The predicted molar refractivity (Wildman–Crippen MR) is 40.6 cm³/mol. The van der Waals surface area contributed by atoms with Crippen LogP contribution in [0.4, 0.5) is 0 Å². The van der Waals surface area contributed by atoms with Crippen LogP contribution in [0.5, 0.6) is 5.75 Å². The van der Waals surface area contributed by atoms with Crippen molar-refractivity contribution in [1.82, 2.24) is 5.90 Å². The first-order chi connectivity index (χ1) is 4.93. The maximum atomic E-state index is 8.04. The molecule has 1 aromatic carbocycles. The molecule has 1 rings (SSSR count). The Morgan fingerprint density at radius 2 is 1.60 bits per heavy atom. The first-order valence-electron chi connectivity index (χ1n) is 3.30. The van der Waals surface area contributed by atoms with Gasteiger partial charge in [0.1, 0.15) is 5.90 Å². The van der Waals surface area contributed by atoms with Crippen molar-refractivity contribution in [2.75, 3.05) is 0 Å². The molecule has 2 heteroatoms. The van der Waals surface area contributed by atoms with Crippen LogP contribution in [0.15, 0.2) is 30.3 Å². The highest BCUT2D eigenvalue weighted by molar-refractivity contribution is 5.20. The van der Waals surface area contributed by atoms with E-state index < -0.39 is 0 Å². The Hall–Kier alpha value is -1.02. The molecule has 54 valence electrons. The zero-order valence-electron chi connectivity index (χ0n) is 6.24. The Balaban J connectivity index is 0.000000371. The molecule has 10 heavy (non-hydrogen) atoms. The lowest BCUT2D eigenvalue weighted by atomic mass is 10.3. The van der Waals surface area contributed by atoms with E-state index in [0.29, 0.717) is 5.75 Å². The quantitative estimate of drug-likeness (QED) is 0.545. The molecule has 1 aromatic rings. The highest BCUT2D eigenvalue weighted by Crippen LogP contribution is 2.05. The Kier molecular flexibility index (Phi) is 5.48. The molecule has 0 spiro atoms. The van der Waals surface area contributed by atoms with E-state index in [2.05, 4.69) is 4.84 Å². The monoisotopic (exact) mass is 137 g/mol. The minimum absolute atomic E-state index is 0.465. The normalized spacial score (nSPS) is 7.50. The molecule has 0 aliphatic heterocycles. The van der Waals surface area contributed by atoms with Crippen molar-refractivity contribution in [3.63, 3.8) is 0 Å². The van der Waals surface area contributed by atoms with Gasteiger partial charge in [-0.25, -0.2) is 0 Å². The van der Waals surface area contributed by atoms with E-state index in [9.17, 15) is 0 Å². The molecule has 0 fully saturated rings. The van der Waals surface area contributed by atoms with E-state index >= 15 is 0 Å². The molecule has 0 unspecified atom stereocenters. The molecule has 0 N–H and O–H groups in total. The third-order valence-electron chi connectivity index (χ3n) is 0.849. The van der Waals surface area contributed by atoms with Gasteiger partial charge in [0.05, 0.1) is 0 Å². The van der Waals surface area contributed by atoms with Gasteiger partial charge in [0, 0.05) is 0 Å². The highest BCUT2D eigenvalue weighted by atomic mass is 16.6. The molecule has 0 saturated carbocycles. The highest BCUT2D eigenvalue weighted by Gasteiger charge is 1.83. The van der Waals surface area contributed by atoms with Crippen LogP contribution in [0.2, 0.25) is 0 Å². The maximum Gasteiger partial charge on any atom is 0.151 e. The summed E-state index contributed by atoms with van der Waals surface area (Å²) >= 11 is 0. The number of benzene rings is 1. The van der Waals surface area contributed by atoms with Crippen molar-refractivity contribution in [1.29, 1.82) is 0 Å². The molecule has 0 amide bonds. The Labute approximate surface area is 61.6 Å². The molecule has 0 atom stereocenters. The van der Waals surface area contributed by atoms with Crippen molar-refractivity contribution >= 4 is 0 Å². The van der Waals surface area contributed by atoms with Crippen LogP contribution < -0.4 is 10.7 Å². The van der Waals surface area contributed by atoms with Crippen molar-refractivity contribution in [3.05, 3.63) is 30.3 Å². The van der Waals surface area contributed by atoms with Crippen molar-refractivity contribution in [2.24, 2.45) is 0 Å². The smallest absolute Gasteiger partial charge is 0.151 e. The molecular formula is C8H11NO. The van der Waals surface area contributed by atoms with Crippen LogP contribution in [0.3, 0.4) is 0 Å². The fourth-order valence-electron chi connectivity index (χ4n) is 0.481. The van der Waals surface area contributed by atoms with E-state index in [1.807, 2.05) is 19.9 Å². The summed E-state index contributed by atoms with van der Waals surface area (Å²) in [4.78, 5) is 3.91. The van der Waals surface area contributed by atoms with Crippen LogP contribution in [0.1, 0.15) is 13.8 Å². The van der Waals surface area contributed by atoms with Crippen LogP contribution in [-0.2, 0) is 0 Å². The molecular weight excluding hydrogens is 126 g/mol. The predicted octanol–water partition coefficient (Wildman–Crippen LogP) is 2.08. The van der Waals surface area contributed by atoms with Gasteiger partial charge in [-0.2, -0.15) is 0 Å². The van der Waals surface area contributed by atoms with Gasteiger partial charge < -0.3 is 4.84 Å². The van der Waals surface area contributed by atoms with Gasteiger partial charge in [-0.1, -0.05) is 32.0 Å². The van der Waals surface area contributed by atoms with Gasteiger partial charge in [-0.3, -0.25) is 0 Å². The van der Waals surface area contributed by atoms with E-state index in [1.165, 1.54) is 0 Å². The number of nitrogens with zero attached hydrogens (tertiary/aromatic N) is 1. The summed E-state index contributed by atoms with van der Waals surface area (Å²) in [6.07, 6.45) is 0. The average molecular weight is 137 g/mol. The van der Waals surface area contributed by atoms with Gasteiger partial charge in [-0.15, -0.1) is 0 Å². The van der Waals surface area contributed by atoms with E-state index in [-0.39, 0.29) is 0 Å². The molecule has 0 bridgehead atoms. The zero-order chi connectivity index (χ0) is 7.82. The first kappa shape index (κ1) is 8.98. The summed E-state index contributed by atoms with van der Waals surface area (Å²) in [6, 6.07) is 8.75. The standard InChI is InChI=1S/C6H5NO.C2H6/c7-8-6-4-2-1-3-5-6;1-2/h1-5H;1-2H3. The van der Waals surface area contributed by atoms with Gasteiger partial charge in [0.2, 0.25) is 0 Å². The lowest BCUT2D eigenvalue weighted by Gasteiger charge is -1.89. The van der Waals surface area contributed by atoms with Crippen LogP contribution in [0.25, 0.3) is 0 Å². The summed E-state index contributed by atoms with van der Waals surface area (Å²) < 4.78 is 0. The molecule has 2 nitrogen and oxygen atoms in total. The van der Waals surface area contributed by atoms with Gasteiger partial charge in [-0.05, 0) is 12.1 Å². The summed E-state index contributed by atoms with van der Waals surface area (Å²) in [7, 11) is 0. The summed E-state index contributed by atoms with van der Waals surface area (Å²) in [5.74, 6) is 8.50. The molecule has 0 aliphatic rings. The van der Waals surface area contributed by atoms with Crippen LogP contribution >= 0.6 is 0 Å². The first-order valence-corrected chi connectivity index (χ1v) is 3.30. The fourth-order valence-corrected chi connectivity index (χ4v) is 0.481. The Bertz CT molecular complexity index is 151. The Morgan fingerprint density at radius 1 is 1.10 bits per heavy atom. The van der Waals surface area contributed by atoms with Crippen molar-refractivity contribution < 1.29 is 4.84 Å².